The Bertz CT molecular complexity index is 799. The van der Waals surface area contributed by atoms with Crippen LogP contribution in [-0.2, 0) is 11.3 Å². The normalized spacial score (nSPS) is 23.7. The highest BCUT2D eigenvalue weighted by Gasteiger charge is 2.35. The maximum Gasteiger partial charge on any atom is 0.241 e. The molecule has 2 fully saturated rings. The second kappa shape index (κ2) is 7.78. The Labute approximate surface area is 158 Å². The molecule has 1 aromatic heterocycles. The number of nitrogens with zero attached hydrogens (tertiary/aromatic N) is 3. The van der Waals surface area contributed by atoms with Crippen molar-refractivity contribution >= 4 is 5.91 Å². The zero-order valence-corrected chi connectivity index (χ0v) is 15.6. The molecule has 0 saturated carbocycles. The van der Waals surface area contributed by atoms with Crippen LogP contribution in [0.25, 0.3) is 0 Å². The molecule has 6 nitrogen and oxygen atoms in total. The first-order valence-corrected chi connectivity index (χ1v) is 9.72. The molecule has 2 N–H and O–H groups in total. The molecule has 2 saturated heterocycles. The third-order valence-electron chi connectivity index (χ3n) is 5.74. The van der Waals surface area contributed by atoms with E-state index in [1.54, 1.807) is 12.1 Å². The molecule has 0 bridgehead atoms. The summed E-state index contributed by atoms with van der Waals surface area (Å²) in [6.45, 7) is 4.52. The van der Waals surface area contributed by atoms with Gasteiger partial charge in [-0.25, -0.2) is 20.2 Å². The maximum atomic E-state index is 14.0. The lowest BCUT2D eigenvalue weighted by Gasteiger charge is -2.33. The highest BCUT2D eigenvalue weighted by atomic mass is 19.1. The van der Waals surface area contributed by atoms with Gasteiger partial charge in [-0.1, -0.05) is 18.2 Å². The third-order valence-corrected chi connectivity index (χ3v) is 5.74. The minimum absolute atomic E-state index is 0.0959. The fraction of sp³-hybridized carbons (Fsp3) is 0.500. The Kier molecular flexibility index (Phi) is 5.22. The molecule has 2 aliphatic heterocycles. The Balaban J connectivity index is 1.34. The fourth-order valence-corrected chi connectivity index (χ4v) is 4.21. The van der Waals surface area contributed by atoms with Gasteiger partial charge >= 0.3 is 0 Å². The van der Waals surface area contributed by atoms with Crippen molar-refractivity contribution in [1.82, 2.24) is 25.3 Å². The first kappa shape index (κ1) is 18.1. The number of nitrogens with one attached hydrogen (secondary N) is 2. The minimum atomic E-state index is -0.316. The van der Waals surface area contributed by atoms with E-state index >= 15 is 0 Å². The number of hydrogen-bond donors (Lipinski definition) is 2. The topological polar surface area (TPSA) is 62.2 Å². The van der Waals surface area contributed by atoms with Crippen molar-refractivity contribution in [1.29, 1.82) is 0 Å². The summed E-state index contributed by atoms with van der Waals surface area (Å²) in [5.41, 5.74) is 6.74. The highest BCUT2D eigenvalue weighted by Crippen LogP contribution is 2.29. The lowest BCUT2D eigenvalue weighted by Crippen LogP contribution is -2.48. The molecule has 4 rings (SSSR count). The Morgan fingerprint density at radius 3 is 2.78 bits per heavy atom. The molecular formula is C20H26FN5O. The van der Waals surface area contributed by atoms with Crippen molar-refractivity contribution in [2.75, 3.05) is 13.1 Å². The Morgan fingerprint density at radius 1 is 1.26 bits per heavy atom. The van der Waals surface area contributed by atoms with E-state index in [0.29, 0.717) is 17.9 Å². The molecule has 2 unspecified atom stereocenters. The molecule has 3 heterocycles. The fourth-order valence-electron chi connectivity index (χ4n) is 4.21. The summed E-state index contributed by atoms with van der Waals surface area (Å²) in [7, 11) is 0. The van der Waals surface area contributed by atoms with Crippen molar-refractivity contribution < 1.29 is 9.18 Å². The number of aromatic nitrogens is 2. The summed E-state index contributed by atoms with van der Waals surface area (Å²) in [5, 5.41) is 0. The molecule has 1 amide bonds. The van der Waals surface area contributed by atoms with Crippen LogP contribution in [0.3, 0.4) is 0 Å². The van der Waals surface area contributed by atoms with Gasteiger partial charge in [-0.3, -0.25) is 4.79 Å². The molecule has 0 radical (unpaired) electrons. The SMILES string of the molecule is CCn1ccnc1C1CCN(C(=O)C2CC(c3ccccc3F)NN2)CC1. The predicted octanol–water partition coefficient (Wildman–Crippen LogP) is 2.36. The predicted molar refractivity (Wildman–Crippen MR) is 100 cm³/mol. The number of rotatable bonds is 4. The number of hydrazine groups is 1. The molecule has 0 spiro atoms. The van der Waals surface area contributed by atoms with E-state index in [0.717, 1.165) is 38.3 Å². The van der Waals surface area contributed by atoms with Crippen LogP contribution in [0.1, 0.15) is 49.5 Å². The largest absolute Gasteiger partial charge is 0.341 e. The van der Waals surface area contributed by atoms with Gasteiger partial charge in [0.2, 0.25) is 5.91 Å². The van der Waals surface area contributed by atoms with E-state index in [-0.39, 0.29) is 23.8 Å². The molecule has 0 aliphatic carbocycles. The number of amides is 1. The number of hydrogen-bond acceptors (Lipinski definition) is 4. The summed E-state index contributed by atoms with van der Waals surface area (Å²) >= 11 is 0. The molecule has 27 heavy (non-hydrogen) atoms. The molecule has 7 heteroatoms. The zero-order chi connectivity index (χ0) is 18.8. The standard InChI is InChI=1S/C20H26FN5O/c1-2-25-12-9-22-19(25)14-7-10-26(11-8-14)20(27)18-13-17(23-24-18)15-5-3-4-6-16(15)21/h3-6,9,12,14,17-18,23-24H,2,7-8,10-11,13H2,1H3. The van der Waals surface area contributed by atoms with E-state index in [4.69, 9.17) is 0 Å². The molecule has 2 aliphatic rings. The van der Waals surface area contributed by atoms with Crippen molar-refractivity contribution in [3.05, 3.63) is 53.9 Å². The number of imidazole rings is 1. The van der Waals surface area contributed by atoms with Gasteiger partial charge in [-0.15, -0.1) is 0 Å². The van der Waals surface area contributed by atoms with Gasteiger partial charge < -0.3 is 9.47 Å². The van der Waals surface area contributed by atoms with Gasteiger partial charge in [0.1, 0.15) is 17.7 Å². The van der Waals surface area contributed by atoms with Crippen LogP contribution in [0.2, 0.25) is 0 Å². The van der Waals surface area contributed by atoms with E-state index in [9.17, 15) is 9.18 Å². The second-order valence-corrected chi connectivity index (χ2v) is 7.32. The van der Waals surface area contributed by atoms with Crippen LogP contribution in [0.4, 0.5) is 4.39 Å². The average Bonchev–Trinajstić information content (AvgIpc) is 3.37. The summed E-state index contributed by atoms with van der Waals surface area (Å²) in [4.78, 5) is 19.3. The Hall–Kier alpha value is -2.25. The van der Waals surface area contributed by atoms with Crippen LogP contribution in [0.5, 0.6) is 0 Å². The van der Waals surface area contributed by atoms with Crippen molar-refractivity contribution in [2.45, 2.75) is 50.7 Å². The number of aryl methyl sites for hydroxylation is 1. The number of likely N-dealkylation sites (tertiary alicyclic amines) is 1. The lowest BCUT2D eigenvalue weighted by molar-refractivity contribution is -0.134. The van der Waals surface area contributed by atoms with E-state index in [2.05, 4.69) is 27.3 Å². The van der Waals surface area contributed by atoms with E-state index in [1.165, 1.54) is 6.07 Å². The van der Waals surface area contributed by atoms with Gasteiger partial charge in [0.05, 0.1) is 6.04 Å². The summed E-state index contributed by atoms with van der Waals surface area (Å²) in [6.07, 6.45) is 6.29. The smallest absolute Gasteiger partial charge is 0.241 e. The number of piperidine rings is 1. The van der Waals surface area contributed by atoms with Crippen molar-refractivity contribution in [3.63, 3.8) is 0 Å². The van der Waals surface area contributed by atoms with Gasteiger partial charge in [-0.05, 0) is 32.3 Å². The van der Waals surface area contributed by atoms with Gasteiger partial charge in [-0.2, -0.15) is 0 Å². The van der Waals surface area contributed by atoms with Gasteiger partial charge in [0, 0.05) is 43.5 Å². The maximum absolute atomic E-state index is 14.0. The molecule has 144 valence electrons. The quantitative estimate of drug-likeness (QED) is 0.866. The van der Waals surface area contributed by atoms with Crippen LogP contribution in [0.15, 0.2) is 36.7 Å². The number of halogens is 1. The first-order chi connectivity index (χ1) is 13.2. The number of carbonyl (C=O) groups is 1. The summed E-state index contributed by atoms with van der Waals surface area (Å²) in [6, 6.07) is 6.22. The van der Waals surface area contributed by atoms with Crippen LogP contribution in [0, 0.1) is 5.82 Å². The third kappa shape index (κ3) is 3.61. The monoisotopic (exact) mass is 371 g/mol. The lowest BCUT2D eigenvalue weighted by atomic mass is 9.94. The second-order valence-electron chi connectivity index (χ2n) is 7.32. The van der Waals surface area contributed by atoms with Crippen molar-refractivity contribution in [3.8, 4) is 0 Å². The summed E-state index contributed by atoms with van der Waals surface area (Å²) < 4.78 is 16.2. The molecule has 2 aromatic rings. The van der Waals surface area contributed by atoms with Crippen LogP contribution < -0.4 is 10.9 Å². The average molecular weight is 371 g/mol. The zero-order valence-electron chi connectivity index (χ0n) is 15.6. The minimum Gasteiger partial charge on any atom is -0.341 e. The van der Waals surface area contributed by atoms with Gasteiger partial charge in [0.15, 0.2) is 0 Å². The highest BCUT2D eigenvalue weighted by molar-refractivity contribution is 5.82. The van der Waals surface area contributed by atoms with Gasteiger partial charge in [0.25, 0.3) is 0 Å². The molecule has 2 atom stereocenters. The number of carbonyl (C=O) groups excluding carboxylic acids is 1. The number of benzene rings is 1. The first-order valence-electron chi connectivity index (χ1n) is 9.72. The summed E-state index contributed by atoms with van der Waals surface area (Å²) in [5.74, 6) is 1.39. The van der Waals surface area contributed by atoms with E-state index in [1.807, 2.05) is 23.4 Å². The van der Waals surface area contributed by atoms with Crippen LogP contribution in [-0.4, -0.2) is 39.5 Å². The Morgan fingerprint density at radius 2 is 2.04 bits per heavy atom. The van der Waals surface area contributed by atoms with Crippen molar-refractivity contribution in [2.24, 2.45) is 0 Å². The molecule has 1 aromatic carbocycles. The van der Waals surface area contributed by atoms with Crippen LogP contribution >= 0.6 is 0 Å². The molecular weight excluding hydrogens is 345 g/mol. The van der Waals surface area contributed by atoms with E-state index < -0.39 is 0 Å².